The smallest absolute Gasteiger partial charge is 0.335 e. The van der Waals surface area contributed by atoms with E-state index in [0.717, 1.165) is 29.5 Å². The molecular weight excluding hydrogens is 368 g/mol. The first kappa shape index (κ1) is 20.6. The first-order valence-corrected chi connectivity index (χ1v) is 9.81. The van der Waals surface area contributed by atoms with Gasteiger partial charge in [-0.2, -0.15) is 0 Å². The van der Waals surface area contributed by atoms with E-state index in [0.29, 0.717) is 25.2 Å². The lowest BCUT2D eigenvalue weighted by molar-refractivity contribution is -0.126. The molecule has 2 aromatic rings. The molecule has 0 spiro atoms. The van der Waals surface area contributed by atoms with Crippen LogP contribution in [0.15, 0.2) is 42.5 Å². The first-order valence-electron chi connectivity index (χ1n) is 9.81. The summed E-state index contributed by atoms with van der Waals surface area (Å²) in [7, 11) is 0. The fourth-order valence-electron chi connectivity index (χ4n) is 3.76. The van der Waals surface area contributed by atoms with Crippen LogP contribution in [0.5, 0.6) is 0 Å². The van der Waals surface area contributed by atoms with Crippen molar-refractivity contribution in [1.29, 1.82) is 0 Å². The number of aryl methyl sites for hydroxylation is 2. The second-order valence-electron chi connectivity index (χ2n) is 7.69. The predicted molar refractivity (Wildman–Crippen MR) is 110 cm³/mol. The number of aromatic carboxylic acids is 1. The van der Waals surface area contributed by atoms with Gasteiger partial charge in [-0.3, -0.25) is 9.59 Å². The second kappa shape index (κ2) is 8.90. The average molecular weight is 394 g/mol. The van der Waals surface area contributed by atoms with Crippen molar-refractivity contribution in [2.45, 2.75) is 33.2 Å². The van der Waals surface area contributed by atoms with E-state index in [1.807, 2.05) is 32.0 Å². The SMILES string of the molecule is Cc1cc(C)cc(C(=O)N2CCCC(C(=O)NCc3ccc(C(=O)O)cc3)C2)c1. The number of carboxylic acid groups (broad SMARTS) is 1. The number of nitrogens with zero attached hydrogens (tertiary/aromatic N) is 1. The number of hydrogen-bond acceptors (Lipinski definition) is 3. The van der Waals surface area contributed by atoms with Gasteiger partial charge in [0.25, 0.3) is 5.91 Å². The minimum Gasteiger partial charge on any atom is -0.478 e. The summed E-state index contributed by atoms with van der Waals surface area (Å²) in [4.78, 5) is 38.2. The maximum atomic E-state index is 12.9. The number of piperidine rings is 1. The van der Waals surface area contributed by atoms with Gasteiger partial charge < -0.3 is 15.3 Å². The van der Waals surface area contributed by atoms with Gasteiger partial charge in [0.1, 0.15) is 0 Å². The Hall–Kier alpha value is -3.15. The standard InChI is InChI=1S/C23H26N2O4/c1-15-10-16(2)12-20(11-15)22(27)25-9-3-4-19(14-25)21(26)24-13-17-5-7-18(8-6-17)23(28)29/h5-8,10-12,19H,3-4,9,13-14H2,1-2H3,(H,24,26)(H,28,29). The summed E-state index contributed by atoms with van der Waals surface area (Å²) >= 11 is 0. The molecule has 0 aromatic heterocycles. The zero-order valence-corrected chi connectivity index (χ0v) is 16.8. The number of hydrogen-bond donors (Lipinski definition) is 2. The van der Waals surface area contributed by atoms with Crippen LogP contribution in [0.2, 0.25) is 0 Å². The van der Waals surface area contributed by atoms with E-state index >= 15 is 0 Å². The Morgan fingerprint density at radius 1 is 1.03 bits per heavy atom. The highest BCUT2D eigenvalue weighted by Crippen LogP contribution is 2.20. The highest BCUT2D eigenvalue weighted by molar-refractivity contribution is 5.95. The van der Waals surface area contributed by atoms with Crippen LogP contribution in [0, 0.1) is 19.8 Å². The molecule has 0 aliphatic carbocycles. The Morgan fingerprint density at radius 2 is 1.69 bits per heavy atom. The Bertz CT molecular complexity index is 901. The molecule has 2 amide bonds. The zero-order chi connectivity index (χ0) is 21.0. The van der Waals surface area contributed by atoms with Crippen LogP contribution in [0.3, 0.4) is 0 Å². The third-order valence-corrected chi connectivity index (χ3v) is 5.22. The Kier molecular flexibility index (Phi) is 6.32. The monoisotopic (exact) mass is 394 g/mol. The molecule has 0 bridgehead atoms. The fraction of sp³-hybridized carbons (Fsp3) is 0.348. The minimum atomic E-state index is -0.976. The highest BCUT2D eigenvalue weighted by atomic mass is 16.4. The Morgan fingerprint density at radius 3 is 2.31 bits per heavy atom. The van der Waals surface area contributed by atoms with E-state index in [1.54, 1.807) is 17.0 Å². The molecule has 1 heterocycles. The number of carbonyl (C=O) groups excluding carboxylic acids is 2. The molecule has 6 heteroatoms. The van der Waals surface area contributed by atoms with E-state index < -0.39 is 5.97 Å². The van der Waals surface area contributed by atoms with Crippen molar-refractivity contribution in [1.82, 2.24) is 10.2 Å². The molecule has 1 saturated heterocycles. The third-order valence-electron chi connectivity index (χ3n) is 5.22. The maximum Gasteiger partial charge on any atom is 0.335 e. The number of amides is 2. The Labute approximate surface area is 170 Å². The maximum absolute atomic E-state index is 12.9. The summed E-state index contributed by atoms with van der Waals surface area (Å²) in [5, 5.41) is 11.9. The largest absolute Gasteiger partial charge is 0.478 e. The molecule has 152 valence electrons. The fourth-order valence-corrected chi connectivity index (χ4v) is 3.76. The molecule has 1 aliphatic heterocycles. The first-order chi connectivity index (χ1) is 13.8. The van der Waals surface area contributed by atoms with E-state index in [1.165, 1.54) is 12.1 Å². The normalized spacial score (nSPS) is 16.3. The quantitative estimate of drug-likeness (QED) is 0.816. The van der Waals surface area contributed by atoms with Crippen molar-refractivity contribution in [3.8, 4) is 0 Å². The van der Waals surface area contributed by atoms with Crippen LogP contribution < -0.4 is 5.32 Å². The van der Waals surface area contributed by atoms with Crippen LogP contribution in [-0.4, -0.2) is 40.9 Å². The summed E-state index contributed by atoms with van der Waals surface area (Å²) in [5.74, 6) is -1.32. The topological polar surface area (TPSA) is 86.7 Å². The van der Waals surface area contributed by atoms with Gasteiger partial charge in [-0.1, -0.05) is 29.3 Å². The lowest BCUT2D eigenvalue weighted by Gasteiger charge is -2.32. The number of carbonyl (C=O) groups is 3. The number of carboxylic acids is 1. The summed E-state index contributed by atoms with van der Waals surface area (Å²) < 4.78 is 0. The van der Waals surface area contributed by atoms with E-state index in [-0.39, 0.29) is 23.3 Å². The molecule has 0 radical (unpaired) electrons. The van der Waals surface area contributed by atoms with Gasteiger partial charge in [-0.15, -0.1) is 0 Å². The summed E-state index contributed by atoms with van der Waals surface area (Å²) in [5.41, 5.74) is 3.82. The van der Waals surface area contributed by atoms with E-state index in [2.05, 4.69) is 5.32 Å². The molecule has 2 N–H and O–H groups in total. The molecular formula is C23H26N2O4. The van der Waals surface area contributed by atoms with Crippen LogP contribution in [-0.2, 0) is 11.3 Å². The predicted octanol–water partition coefficient (Wildman–Crippen LogP) is 3.17. The summed E-state index contributed by atoms with van der Waals surface area (Å²) in [6, 6.07) is 12.2. The third kappa shape index (κ3) is 5.22. The van der Waals surface area contributed by atoms with Crippen LogP contribution in [0.4, 0.5) is 0 Å². The van der Waals surface area contributed by atoms with Crippen molar-refractivity contribution in [2.75, 3.05) is 13.1 Å². The molecule has 0 saturated carbocycles. The second-order valence-corrected chi connectivity index (χ2v) is 7.69. The van der Waals surface area contributed by atoms with Gasteiger partial charge in [0.2, 0.25) is 5.91 Å². The van der Waals surface area contributed by atoms with Gasteiger partial charge in [0.15, 0.2) is 0 Å². The lowest BCUT2D eigenvalue weighted by atomic mass is 9.96. The van der Waals surface area contributed by atoms with Crippen LogP contribution in [0.1, 0.15) is 50.2 Å². The molecule has 2 aromatic carbocycles. The van der Waals surface area contributed by atoms with Gasteiger partial charge in [0.05, 0.1) is 11.5 Å². The van der Waals surface area contributed by atoms with Gasteiger partial charge in [-0.25, -0.2) is 4.79 Å². The van der Waals surface area contributed by atoms with Crippen molar-refractivity contribution >= 4 is 17.8 Å². The highest BCUT2D eigenvalue weighted by Gasteiger charge is 2.29. The molecule has 1 atom stereocenters. The molecule has 6 nitrogen and oxygen atoms in total. The molecule has 1 aliphatic rings. The summed E-state index contributed by atoms with van der Waals surface area (Å²) in [6.45, 7) is 5.35. The van der Waals surface area contributed by atoms with Gasteiger partial charge in [0, 0.05) is 25.2 Å². The lowest BCUT2D eigenvalue weighted by Crippen LogP contribution is -2.45. The Balaban J connectivity index is 1.58. The van der Waals surface area contributed by atoms with Gasteiger partial charge >= 0.3 is 5.97 Å². The number of benzene rings is 2. The molecule has 3 rings (SSSR count). The van der Waals surface area contributed by atoms with Crippen molar-refractivity contribution in [2.24, 2.45) is 5.92 Å². The van der Waals surface area contributed by atoms with Crippen LogP contribution in [0.25, 0.3) is 0 Å². The minimum absolute atomic E-state index is 0.0291. The van der Waals surface area contributed by atoms with Crippen molar-refractivity contribution in [3.63, 3.8) is 0 Å². The van der Waals surface area contributed by atoms with Crippen molar-refractivity contribution < 1.29 is 19.5 Å². The van der Waals surface area contributed by atoms with E-state index in [4.69, 9.17) is 5.11 Å². The zero-order valence-electron chi connectivity index (χ0n) is 16.8. The molecule has 29 heavy (non-hydrogen) atoms. The number of likely N-dealkylation sites (tertiary alicyclic amines) is 1. The van der Waals surface area contributed by atoms with Crippen molar-refractivity contribution in [3.05, 3.63) is 70.3 Å². The average Bonchev–Trinajstić information content (AvgIpc) is 2.71. The summed E-state index contributed by atoms with van der Waals surface area (Å²) in [6.07, 6.45) is 1.54. The van der Waals surface area contributed by atoms with Crippen LogP contribution >= 0.6 is 0 Å². The molecule has 1 unspecified atom stereocenters. The number of rotatable bonds is 5. The van der Waals surface area contributed by atoms with Gasteiger partial charge in [-0.05, 0) is 56.5 Å². The van der Waals surface area contributed by atoms with E-state index in [9.17, 15) is 14.4 Å². The number of nitrogens with one attached hydrogen (secondary N) is 1. The molecule has 1 fully saturated rings.